The average molecular weight is 483 g/mol. The topological polar surface area (TPSA) is 78.9 Å². The predicted molar refractivity (Wildman–Crippen MR) is 117 cm³/mol. The summed E-state index contributed by atoms with van der Waals surface area (Å²) in [6, 6.07) is 11.3. The van der Waals surface area contributed by atoms with E-state index >= 15 is 0 Å². The van der Waals surface area contributed by atoms with Gasteiger partial charge in [0.15, 0.2) is 11.6 Å². The number of hydrogen-bond acceptors (Lipinski definition) is 6. The monoisotopic (exact) mass is 483 g/mol. The smallest absolute Gasteiger partial charge is 0.417 e. The van der Waals surface area contributed by atoms with Gasteiger partial charge >= 0.3 is 6.18 Å². The summed E-state index contributed by atoms with van der Waals surface area (Å²) in [5.74, 6) is 0.193. The van der Waals surface area contributed by atoms with Crippen molar-refractivity contribution in [1.29, 1.82) is 0 Å². The minimum absolute atomic E-state index is 0.0343. The molecule has 1 aromatic heterocycles. The largest absolute Gasteiger partial charge is 0.494 e. The van der Waals surface area contributed by atoms with Crippen molar-refractivity contribution in [3.63, 3.8) is 0 Å². The molecule has 3 heterocycles. The molecule has 0 fully saturated rings. The third-order valence-electron chi connectivity index (χ3n) is 5.19. The second kappa shape index (κ2) is 8.82. The van der Waals surface area contributed by atoms with Gasteiger partial charge in [0.25, 0.3) is 0 Å². The number of imidazole rings is 1. The van der Waals surface area contributed by atoms with Gasteiger partial charge in [-0.1, -0.05) is 17.3 Å². The molecule has 2 aliphatic heterocycles. The summed E-state index contributed by atoms with van der Waals surface area (Å²) in [5, 5.41) is 8.06. The van der Waals surface area contributed by atoms with Crippen LogP contribution in [0.1, 0.15) is 18.2 Å². The highest BCUT2D eigenvalue weighted by Gasteiger charge is 2.35. The van der Waals surface area contributed by atoms with Crippen LogP contribution in [0.15, 0.2) is 65.4 Å². The third-order valence-corrected chi connectivity index (χ3v) is 5.19. The van der Waals surface area contributed by atoms with Crippen molar-refractivity contribution in [3.8, 4) is 39.8 Å². The molecule has 0 bridgehead atoms. The fraction of sp³-hybridized carbons (Fsp3) is 0.167. The summed E-state index contributed by atoms with van der Waals surface area (Å²) in [5.41, 5.74) is 0.257. The normalized spacial score (nSPS) is 11.8. The van der Waals surface area contributed by atoms with Crippen molar-refractivity contribution in [1.82, 2.24) is 24.9 Å². The zero-order valence-electron chi connectivity index (χ0n) is 18.3. The molecule has 0 atom stereocenters. The SMILES string of the molecule is CCOc1ccc(-c2cc(Cn3cc4nc(-c5ccccc5F)nc-4cn3)on2)c(C(F)(F)F)c1. The van der Waals surface area contributed by atoms with Gasteiger partial charge in [0.1, 0.15) is 35.2 Å². The zero-order chi connectivity index (χ0) is 24.6. The summed E-state index contributed by atoms with van der Waals surface area (Å²) in [4.78, 5) is 8.67. The Kier molecular flexibility index (Phi) is 5.67. The first-order valence-electron chi connectivity index (χ1n) is 10.6. The molecule has 0 saturated heterocycles. The van der Waals surface area contributed by atoms with Crippen molar-refractivity contribution < 1.29 is 26.8 Å². The molecule has 2 aliphatic rings. The highest BCUT2D eigenvalue weighted by atomic mass is 19.4. The number of benzene rings is 2. The molecule has 3 aromatic rings. The Morgan fingerprint density at radius 2 is 1.77 bits per heavy atom. The molecule has 2 aromatic carbocycles. The van der Waals surface area contributed by atoms with Crippen LogP contribution in [0, 0.1) is 5.82 Å². The van der Waals surface area contributed by atoms with E-state index in [1.807, 2.05) is 0 Å². The van der Waals surface area contributed by atoms with E-state index < -0.39 is 17.6 Å². The van der Waals surface area contributed by atoms with Gasteiger partial charge in [0, 0.05) is 11.6 Å². The van der Waals surface area contributed by atoms with E-state index in [0.717, 1.165) is 6.07 Å². The highest BCUT2D eigenvalue weighted by Crippen LogP contribution is 2.39. The maximum absolute atomic E-state index is 14.1. The Morgan fingerprint density at radius 3 is 2.54 bits per heavy atom. The van der Waals surface area contributed by atoms with Gasteiger partial charge in [-0.2, -0.15) is 18.3 Å². The Bertz CT molecular complexity index is 1460. The van der Waals surface area contributed by atoms with Crippen LogP contribution in [-0.2, 0) is 12.7 Å². The Morgan fingerprint density at radius 1 is 0.971 bits per heavy atom. The van der Waals surface area contributed by atoms with Gasteiger partial charge in [0.2, 0.25) is 0 Å². The minimum atomic E-state index is -4.60. The van der Waals surface area contributed by atoms with E-state index in [1.165, 1.54) is 35.1 Å². The lowest BCUT2D eigenvalue weighted by Crippen LogP contribution is -2.08. The van der Waals surface area contributed by atoms with Crippen LogP contribution in [-0.4, -0.2) is 31.5 Å². The van der Waals surface area contributed by atoms with Gasteiger partial charge in [-0.05, 0) is 37.3 Å². The molecule has 0 amide bonds. The first-order valence-corrected chi connectivity index (χ1v) is 10.6. The summed E-state index contributed by atoms with van der Waals surface area (Å²) in [6.45, 7) is 2.02. The molecule has 178 valence electrons. The van der Waals surface area contributed by atoms with Crippen molar-refractivity contribution in [2.45, 2.75) is 19.6 Å². The maximum atomic E-state index is 14.1. The lowest BCUT2D eigenvalue weighted by Gasteiger charge is -2.13. The van der Waals surface area contributed by atoms with Gasteiger partial charge in [-0.15, -0.1) is 0 Å². The van der Waals surface area contributed by atoms with Crippen LogP contribution in [0.2, 0.25) is 0 Å². The van der Waals surface area contributed by atoms with Gasteiger partial charge < -0.3 is 9.26 Å². The fourth-order valence-electron chi connectivity index (χ4n) is 3.62. The van der Waals surface area contributed by atoms with Crippen molar-refractivity contribution in [2.75, 3.05) is 6.61 Å². The first-order chi connectivity index (χ1) is 16.8. The van der Waals surface area contributed by atoms with Crippen LogP contribution in [0.25, 0.3) is 34.0 Å². The predicted octanol–water partition coefficient (Wildman–Crippen LogP) is 5.70. The molecule has 11 heteroatoms. The molecule has 0 saturated carbocycles. The second-order valence-corrected chi connectivity index (χ2v) is 7.59. The van der Waals surface area contributed by atoms with E-state index in [0.29, 0.717) is 11.4 Å². The molecule has 0 N–H and O–H groups in total. The van der Waals surface area contributed by atoms with Crippen LogP contribution < -0.4 is 4.74 Å². The number of hydrogen-bond donors (Lipinski definition) is 0. The Labute approximate surface area is 196 Å². The number of nitrogens with zero attached hydrogens (tertiary/aromatic N) is 5. The van der Waals surface area contributed by atoms with E-state index in [1.54, 1.807) is 31.3 Å². The average Bonchev–Trinajstić information content (AvgIpc) is 3.46. The fourth-order valence-corrected chi connectivity index (χ4v) is 3.62. The molecular weight excluding hydrogens is 466 g/mol. The molecule has 0 unspecified atom stereocenters. The lowest BCUT2D eigenvalue weighted by molar-refractivity contribution is -0.137. The van der Waals surface area contributed by atoms with Crippen LogP contribution in [0.3, 0.4) is 0 Å². The summed E-state index contributed by atoms with van der Waals surface area (Å²) in [7, 11) is 0. The minimum Gasteiger partial charge on any atom is -0.494 e. The zero-order valence-corrected chi connectivity index (χ0v) is 18.3. The van der Waals surface area contributed by atoms with E-state index in [-0.39, 0.29) is 47.3 Å². The van der Waals surface area contributed by atoms with Gasteiger partial charge in [-0.3, -0.25) is 4.68 Å². The number of ether oxygens (including phenoxy) is 1. The van der Waals surface area contributed by atoms with Crippen LogP contribution in [0.5, 0.6) is 5.75 Å². The van der Waals surface area contributed by atoms with Crippen molar-refractivity contribution in [3.05, 3.63) is 78.1 Å². The summed E-state index contributed by atoms with van der Waals surface area (Å²) < 4.78 is 67.0. The molecule has 5 rings (SSSR count). The van der Waals surface area contributed by atoms with Gasteiger partial charge in [0.05, 0.1) is 30.1 Å². The quantitative estimate of drug-likeness (QED) is 0.288. The van der Waals surface area contributed by atoms with Crippen molar-refractivity contribution >= 4 is 0 Å². The van der Waals surface area contributed by atoms with E-state index in [9.17, 15) is 17.6 Å². The summed E-state index contributed by atoms with van der Waals surface area (Å²) >= 11 is 0. The second-order valence-electron chi connectivity index (χ2n) is 7.59. The highest BCUT2D eigenvalue weighted by molar-refractivity contribution is 5.66. The standard InChI is InChI=1S/C24H17F4N5O2/c1-2-34-14-7-8-16(18(9-14)24(26,27)28)20-10-15(35-32-20)12-33-13-22-21(11-29-33)30-23(31-22)17-5-3-4-6-19(17)25/h3-11,13H,2,12H2,1H3. The molecule has 0 radical (unpaired) electrons. The molecule has 0 aliphatic carbocycles. The number of fused-ring (bicyclic) bond motifs is 1. The Balaban J connectivity index is 1.42. The third kappa shape index (κ3) is 4.57. The molecule has 35 heavy (non-hydrogen) atoms. The number of rotatable bonds is 6. The van der Waals surface area contributed by atoms with Crippen molar-refractivity contribution in [2.24, 2.45) is 0 Å². The van der Waals surface area contributed by atoms with E-state index in [2.05, 4.69) is 20.2 Å². The van der Waals surface area contributed by atoms with Crippen LogP contribution in [0.4, 0.5) is 17.6 Å². The molecular formula is C24H17F4N5O2. The molecule has 7 nitrogen and oxygen atoms in total. The number of aromatic nitrogens is 5. The van der Waals surface area contributed by atoms with Gasteiger partial charge in [-0.25, -0.2) is 14.4 Å². The number of alkyl halides is 3. The first kappa shape index (κ1) is 22.5. The Hall–Kier alpha value is -4.28. The summed E-state index contributed by atoms with van der Waals surface area (Å²) in [6.07, 6.45) is -1.54. The molecule has 0 spiro atoms. The van der Waals surface area contributed by atoms with Crippen LogP contribution >= 0.6 is 0 Å². The maximum Gasteiger partial charge on any atom is 0.417 e. The van der Waals surface area contributed by atoms with E-state index in [4.69, 9.17) is 9.26 Å². The lowest BCUT2D eigenvalue weighted by atomic mass is 10.0. The number of halogens is 4.